The molecule has 4 aromatic carbocycles. The molecular formula is C27H19N3O5. The van der Waals surface area contributed by atoms with Gasteiger partial charge in [0.2, 0.25) is 5.91 Å². The lowest BCUT2D eigenvalue weighted by Crippen LogP contribution is -2.37. The number of fused-ring (bicyclic) bond motifs is 2. The fourth-order valence-electron chi connectivity index (χ4n) is 4.92. The first-order chi connectivity index (χ1) is 17.0. The van der Waals surface area contributed by atoms with Crippen LogP contribution in [0.4, 0.5) is 17.1 Å². The number of hydroxylamine groups is 1. The maximum atomic E-state index is 13.8. The second-order valence-electron chi connectivity index (χ2n) is 8.55. The van der Waals surface area contributed by atoms with Gasteiger partial charge < -0.3 is 0 Å². The second-order valence-corrected chi connectivity index (χ2v) is 8.55. The Hall–Kier alpha value is -4.56. The third-order valence-corrected chi connectivity index (χ3v) is 6.56. The average Bonchev–Trinajstić information content (AvgIpc) is 3.40. The van der Waals surface area contributed by atoms with Crippen LogP contribution >= 0.6 is 0 Å². The van der Waals surface area contributed by atoms with E-state index in [9.17, 15) is 19.7 Å². The first kappa shape index (κ1) is 21.0. The summed E-state index contributed by atoms with van der Waals surface area (Å²) in [5, 5.41) is 14.7. The predicted octanol–water partition coefficient (Wildman–Crippen LogP) is 4.80. The summed E-state index contributed by atoms with van der Waals surface area (Å²) in [6.45, 7) is 0. The van der Waals surface area contributed by atoms with Gasteiger partial charge in [0.25, 0.3) is 11.6 Å². The van der Waals surface area contributed by atoms with Crippen LogP contribution in [0.25, 0.3) is 10.8 Å². The van der Waals surface area contributed by atoms with Crippen LogP contribution in [0.15, 0.2) is 97.1 Å². The minimum atomic E-state index is -1.01. The molecule has 2 heterocycles. The lowest BCUT2D eigenvalue weighted by Gasteiger charge is -2.28. The first-order valence-electron chi connectivity index (χ1n) is 11.1. The van der Waals surface area contributed by atoms with Crippen molar-refractivity contribution in [2.24, 2.45) is 5.92 Å². The highest BCUT2D eigenvalue weighted by Gasteiger charge is 2.60. The van der Waals surface area contributed by atoms with Gasteiger partial charge >= 0.3 is 0 Å². The van der Waals surface area contributed by atoms with E-state index in [1.807, 2.05) is 66.7 Å². The number of nitrogens with zero attached hydrogens (tertiary/aromatic N) is 3. The van der Waals surface area contributed by atoms with Gasteiger partial charge in [0, 0.05) is 12.1 Å². The standard InChI is InChI=1S/C27H19N3O5/c31-26-23-24(18-11-13-21(14-12-18)30(33)34)29(20-8-2-1-3-9-20)35-25(23)27(32)28(26)22-15-10-17-6-4-5-7-19(17)16-22/h1-16,23-25H/t23-,24+,25+/m0/s1. The molecule has 0 N–H and O–H groups in total. The second kappa shape index (κ2) is 8.03. The SMILES string of the molecule is O=C1[C@H]2[C@@H](c3ccc([N+](=O)[O-])cc3)N(c3ccccc3)O[C@H]2C(=O)N1c1ccc2ccccc2c1. The molecule has 0 unspecified atom stereocenters. The molecule has 6 rings (SSSR count). The van der Waals surface area contributed by atoms with Crippen LogP contribution in [0.2, 0.25) is 0 Å². The molecule has 0 spiro atoms. The monoisotopic (exact) mass is 465 g/mol. The van der Waals surface area contributed by atoms with Crippen molar-refractivity contribution in [3.8, 4) is 0 Å². The van der Waals surface area contributed by atoms with Crippen molar-refractivity contribution in [2.75, 3.05) is 9.96 Å². The minimum Gasteiger partial charge on any atom is -0.273 e. The van der Waals surface area contributed by atoms with E-state index in [0.29, 0.717) is 16.9 Å². The number of imide groups is 1. The zero-order valence-electron chi connectivity index (χ0n) is 18.4. The number of hydrogen-bond donors (Lipinski definition) is 0. The topological polar surface area (TPSA) is 93.0 Å². The van der Waals surface area contributed by atoms with Gasteiger partial charge in [0.05, 0.1) is 22.3 Å². The number of para-hydroxylation sites is 1. The van der Waals surface area contributed by atoms with Crippen molar-refractivity contribution in [3.63, 3.8) is 0 Å². The van der Waals surface area contributed by atoms with Crippen LogP contribution in [-0.4, -0.2) is 22.8 Å². The van der Waals surface area contributed by atoms with Crippen LogP contribution in [0.1, 0.15) is 11.6 Å². The highest BCUT2D eigenvalue weighted by atomic mass is 16.7. The summed E-state index contributed by atoms with van der Waals surface area (Å²) in [5.74, 6) is -1.60. The summed E-state index contributed by atoms with van der Waals surface area (Å²) < 4.78 is 0. The van der Waals surface area contributed by atoms with Gasteiger partial charge in [-0.1, -0.05) is 60.7 Å². The van der Waals surface area contributed by atoms with Crippen molar-refractivity contribution in [1.29, 1.82) is 0 Å². The molecule has 4 aromatic rings. The number of hydrogen-bond acceptors (Lipinski definition) is 6. The zero-order valence-corrected chi connectivity index (χ0v) is 18.4. The molecule has 0 radical (unpaired) electrons. The highest BCUT2D eigenvalue weighted by Crippen LogP contribution is 2.47. The molecule has 8 heteroatoms. The third-order valence-electron chi connectivity index (χ3n) is 6.56. The van der Waals surface area contributed by atoms with E-state index < -0.39 is 28.9 Å². The Morgan fingerprint density at radius 3 is 2.14 bits per heavy atom. The summed E-state index contributed by atoms with van der Waals surface area (Å²) in [4.78, 5) is 45.3. The van der Waals surface area contributed by atoms with Crippen molar-refractivity contribution in [3.05, 3.63) is 113 Å². The highest BCUT2D eigenvalue weighted by molar-refractivity contribution is 6.24. The predicted molar refractivity (Wildman–Crippen MR) is 130 cm³/mol. The van der Waals surface area contributed by atoms with Crippen molar-refractivity contribution in [2.45, 2.75) is 12.1 Å². The Balaban J connectivity index is 1.42. The number of carbonyl (C=O) groups is 2. The van der Waals surface area contributed by atoms with E-state index >= 15 is 0 Å². The lowest BCUT2D eigenvalue weighted by molar-refractivity contribution is -0.384. The Morgan fingerprint density at radius 1 is 0.743 bits per heavy atom. The van der Waals surface area contributed by atoms with Gasteiger partial charge in [-0.25, -0.2) is 9.96 Å². The molecular weight excluding hydrogens is 446 g/mol. The third kappa shape index (κ3) is 3.34. The Labute approximate surface area is 200 Å². The molecule has 2 saturated heterocycles. The number of non-ortho nitro benzene ring substituents is 1. The van der Waals surface area contributed by atoms with Gasteiger partial charge in [-0.05, 0) is 40.6 Å². The maximum Gasteiger partial charge on any atom is 0.269 e. The maximum absolute atomic E-state index is 13.8. The molecule has 172 valence electrons. The van der Waals surface area contributed by atoms with Gasteiger partial charge in [-0.3, -0.25) is 24.5 Å². The van der Waals surface area contributed by atoms with Crippen LogP contribution in [0.3, 0.4) is 0 Å². The van der Waals surface area contributed by atoms with E-state index in [1.165, 1.54) is 17.0 Å². The van der Waals surface area contributed by atoms with E-state index in [-0.39, 0.29) is 11.6 Å². The smallest absolute Gasteiger partial charge is 0.269 e. The number of anilines is 2. The molecule has 35 heavy (non-hydrogen) atoms. The minimum absolute atomic E-state index is 0.0536. The fraction of sp³-hybridized carbons (Fsp3) is 0.111. The Bertz CT molecular complexity index is 1470. The fourth-order valence-corrected chi connectivity index (χ4v) is 4.92. The van der Waals surface area contributed by atoms with Crippen LogP contribution in [0, 0.1) is 16.0 Å². The number of carbonyl (C=O) groups excluding carboxylic acids is 2. The number of benzene rings is 4. The van der Waals surface area contributed by atoms with Crippen LogP contribution < -0.4 is 9.96 Å². The summed E-state index contributed by atoms with van der Waals surface area (Å²) in [5.41, 5.74) is 1.77. The lowest BCUT2D eigenvalue weighted by atomic mass is 9.90. The summed E-state index contributed by atoms with van der Waals surface area (Å²) in [7, 11) is 0. The summed E-state index contributed by atoms with van der Waals surface area (Å²) in [6, 6.07) is 27.8. The van der Waals surface area contributed by atoms with E-state index in [2.05, 4.69) is 0 Å². The van der Waals surface area contributed by atoms with Crippen molar-refractivity contribution >= 4 is 39.6 Å². The largest absolute Gasteiger partial charge is 0.273 e. The normalized spacial score (nSPS) is 21.5. The molecule has 0 saturated carbocycles. The average molecular weight is 465 g/mol. The molecule has 0 aliphatic carbocycles. The van der Waals surface area contributed by atoms with E-state index in [0.717, 1.165) is 10.8 Å². The van der Waals surface area contributed by atoms with Gasteiger partial charge in [-0.2, -0.15) is 0 Å². The molecule has 2 amide bonds. The molecule has 2 aliphatic rings. The molecule has 0 aromatic heterocycles. The Kier molecular flexibility index (Phi) is 4.82. The quantitative estimate of drug-likeness (QED) is 0.244. The van der Waals surface area contributed by atoms with Crippen molar-refractivity contribution < 1.29 is 19.3 Å². The first-order valence-corrected chi connectivity index (χ1v) is 11.1. The van der Waals surface area contributed by atoms with Gasteiger partial charge in [0.1, 0.15) is 5.92 Å². The van der Waals surface area contributed by atoms with Gasteiger partial charge in [-0.15, -0.1) is 0 Å². The number of rotatable bonds is 4. The summed E-state index contributed by atoms with van der Waals surface area (Å²) in [6.07, 6.45) is -1.01. The number of nitro benzene ring substituents is 1. The number of amides is 2. The van der Waals surface area contributed by atoms with E-state index in [1.54, 1.807) is 23.3 Å². The molecule has 8 nitrogen and oxygen atoms in total. The van der Waals surface area contributed by atoms with Crippen LogP contribution in [0.5, 0.6) is 0 Å². The molecule has 0 bridgehead atoms. The molecule has 2 aliphatic heterocycles. The molecule has 2 fully saturated rings. The van der Waals surface area contributed by atoms with Crippen LogP contribution in [-0.2, 0) is 14.4 Å². The zero-order chi connectivity index (χ0) is 24.1. The van der Waals surface area contributed by atoms with E-state index in [4.69, 9.17) is 4.84 Å². The number of nitro groups is 1. The van der Waals surface area contributed by atoms with Gasteiger partial charge in [0.15, 0.2) is 6.10 Å². The summed E-state index contributed by atoms with van der Waals surface area (Å²) >= 11 is 0. The van der Waals surface area contributed by atoms with Crippen molar-refractivity contribution in [1.82, 2.24) is 0 Å². The Morgan fingerprint density at radius 2 is 1.43 bits per heavy atom. The molecule has 3 atom stereocenters.